The van der Waals surface area contributed by atoms with Crippen molar-refractivity contribution in [1.82, 2.24) is 10.1 Å². The molecule has 1 aromatic rings. The highest BCUT2D eigenvalue weighted by Gasteiger charge is 2.23. The molecular weight excluding hydrogens is 184 g/mol. The summed E-state index contributed by atoms with van der Waals surface area (Å²) in [5.41, 5.74) is 0. The Morgan fingerprint density at radius 3 is 2.64 bits per heavy atom. The number of hydrogen-bond acceptors (Lipinski definition) is 4. The summed E-state index contributed by atoms with van der Waals surface area (Å²) in [4.78, 5) is 14.4. The lowest BCUT2D eigenvalue weighted by Gasteiger charge is -2.17. The maximum atomic E-state index is 10.5. The first-order valence-electron chi connectivity index (χ1n) is 4.84. The molecule has 0 saturated heterocycles. The highest BCUT2D eigenvalue weighted by atomic mass is 16.5. The molecule has 0 radical (unpaired) electrons. The van der Waals surface area contributed by atoms with E-state index >= 15 is 0 Å². The van der Waals surface area contributed by atoms with Crippen LogP contribution in [0.4, 0.5) is 0 Å². The summed E-state index contributed by atoms with van der Waals surface area (Å²) >= 11 is 0. The van der Waals surface area contributed by atoms with Crippen molar-refractivity contribution in [3.8, 4) is 0 Å². The van der Waals surface area contributed by atoms with E-state index in [1.54, 1.807) is 0 Å². The van der Waals surface area contributed by atoms with Gasteiger partial charge in [0.1, 0.15) is 0 Å². The monoisotopic (exact) mass is 196 g/mol. The number of carboxylic acid groups (broad SMARTS) is 1. The molecule has 14 heavy (non-hydrogen) atoms. The highest BCUT2D eigenvalue weighted by molar-refractivity contribution is 5.82. The van der Waals surface area contributed by atoms with Gasteiger partial charge in [-0.2, -0.15) is 4.98 Å². The molecule has 0 unspecified atom stereocenters. The molecule has 5 nitrogen and oxygen atoms in total. The van der Waals surface area contributed by atoms with Gasteiger partial charge < -0.3 is 9.63 Å². The zero-order valence-electron chi connectivity index (χ0n) is 7.77. The first-order valence-corrected chi connectivity index (χ1v) is 4.84. The Morgan fingerprint density at radius 1 is 1.36 bits per heavy atom. The van der Waals surface area contributed by atoms with Gasteiger partial charge in [0.15, 0.2) is 0 Å². The van der Waals surface area contributed by atoms with Crippen molar-refractivity contribution in [3.05, 3.63) is 11.7 Å². The average molecular weight is 196 g/mol. The second kappa shape index (κ2) is 3.77. The number of carboxylic acids is 1. The summed E-state index contributed by atoms with van der Waals surface area (Å²) in [6, 6.07) is 0. The molecule has 2 rings (SSSR count). The van der Waals surface area contributed by atoms with E-state index in [4.69, 9.17) is 9.63 Å². The summed E-state index contributed by atoms with van der Waals surface area (Å²) in [7, 11) is 0. The third-order valence-corrected chi connectivity index (χ3v) is 2.59. The zero-order chi connectivity index (χ0) is 9.97. The van der Waals surface area contributed by atoms with Crippen LogP contribution in [0.3, 0.4) is 0 Å². The standard InChI is InChI=1S/C9H12N2O3/c12-9(13)7-10-8(14-11-7)6-4-2-1-3-5-6/h6H,1-5H2,(H,12,13). The van der Waals surface area contributed by atoms with Crippen LogP contribution >= 0.6 is 0 Å². The van der Waals surface area contributed by atoms with E-state index in [-0.39, 0.29) is 11.7 Å². The second-order valence-corrected chi connectivity index (χ2v) is 3.60. The van der Waals surface area contributed by atoms with Gasteiger partial charge in [0.2, 0.25) is 5.89 Å². The Hall–Kier alpha value is -1.39. The molecular formula is C9H12N2O3. The molecule has 1 fully saturated rings. The largest absolute Gasteiger partial charge is 0.475 e. The number of nitrogens with zero attached hydrogens (tertiary/aromatic N) is 2. The van der Waals surface area contributed by atoms with Gasteiger partial charge in [-0.25, -0.2) is 4.79 Å². The van der Waals surface area contributed by atoms with Crippen LogP contribution in [-0.2, 0) is 0 Å². The van der Waals surface area contributed by atoms with Gasteiger partial charge in [-0.1, -0.05) is 19.3 Å². The summed E-state index contributed by atoms with van der Waals surface area (Å²) in [6.45, 7) is 0. The highest BCUT2D eigenvalue weighted by Crippen LogP contribution is 2.31. The van der Waals surface area contributed by atoms with Crippen LogP contribution in [-0.4, -0.2) is 21.2 Å². The Bertz CT molecular complexity index is 329. The van der Waals surface area contributed by atoms with Gasteiger partial charge in [-0.15, -0.1) is 0 Å². The number of hydrogen-bond donors (Lipinski definition) is 1. The summed E-state index contributed by atoms with van der Waals surface area (Å²) in [5.74, 6) is -0.604. The number of aromatic nitrogens is 2. The van der Waals surface area contributed by atoms with Gasteiger partial charge >= 0.3 is 5.97 Å². The van der Waals surface area contributed by atoms with Crippen LogP contribution in [0, 0.1) is 0 Å². The van der Waals surface area contributed by atoms with Crippen molar-refractivity contribution < 1.29 is 14.4 Å². The van der Waals surface area contributed by atoms with Crippen molar-refractivity contribution in [2.75, 3.05) is 0 Å². The predicted octanol–water partition coefficient (Wildman–Crippen LogP) is 1.82. The minimum absolute atomic E-state index is 0.231. The molecule has 1 saturated carbocycles. The summed E-state index contributed by atoms with van der Waals surface area (Å²) in [6.07, 6.45) is 5.63. The molecule has 1 aromatic heterocycles. The maximum Gasteiger partial charge on any atom is 0.377 e. The minimum Gasteiger partial charge on any atom is -0.475 e. The number of carbonyl (C=O) groups is 1. The van der Waals surface area contributed by atoms with Gasteiger partial charge in [0, 0.05) is 5.92 Å². The van der Waals surface area contributed by atoms with Crippen molar-refractivity contribution in [2.45, 2.75) is 38.0 Å². The molecule has 0 bridgehead atoms. The van der Waals surface area contributed by atoms with E-state index in [2.05, 4.69) is 10.1 Å². The summed E-state index contributed by atoms with van der Waals surface area (Å²) in [5, 5.41) is 12.0. The van der Waals surface area contributed by atoms with Gasteiger partial charge in [0.05, 0.1) is 0 Å². The van der Waals surface area contributed by atoms with E-state index < -0.39 is 5.97 Å². The molecule has 0 aromatic carbocycles. The molecule has 0 spiro atoms. The molecule has 1 heterocycles. The van der Waals surface area contributed by atoms with Crippen LogP contribution in [0.25, 0.3) is 0 Å². The van der Waals surface area contributed by atoms with E-state index in [9.17, 15) is 4.79 Å². The third-order valence-electron chi connectivity index (χ3n) is 2.59. The number of rotatable bonds is 2. The van der Waals surface area contributed by atoms with Crippen LogP contribution < -0.4 is 0 Å². The van der Waals surface area contributed by atoms with Gasteiger partial charge in [0.25, 0.3) is 5.82 Å². The van der Waals surface area contributed by atoms with Crippen molar-refractivity contribution in [3.63, 3.8) is 0 Å². The predicted molar refractivity (Wildman–Crippen MR) is 47.1 cm³/mol. The fourth-order valence-corrected chi connectivity index (χ4v) is 1.84. The molecule has 1 N–H and O–H groups in total. The molecule has 1 aliphatic carbocycles. The first-order chi connectivity index (χ1) is 6.77. The lowest BCUT2D eigenvalue weighted by Crippen LogP contribution is -2.05. The SMILES string of the molecule is O=C(O)c1noc(C2CCCCC2)n1. The molecule has 76 valence electrons. The second-order valence-electron chi connectivity index (χ2n) is 3.60. The Kier molecular flexibility index (Phi) is 2.47. The topological polar surface area (TPSA) is 76.2 Å². The van der Waals surface area contributed by atoms with Gasteiger partial charge in [-0.3, -0.25) is 0 Å². The minimum atomic E-state index is -1.13. The lowest BCUT2D eigenvalue weighted by atomic mass is 9.89. The van der Waals surface area contributed by atoms with Crippen molar-refractivity contribution in [1.29, 1.82) is 0 Å². The molecule has 1 aliphatic rings. The Balaban J connectivity index is 2.11. The lowest BCUT2D eigenvalue weighted by molar-refractivity contribution is 0.0680. The fourth-order valence-electron chi connectivity index (χ4n) is 1.84. The molecule has 5 heteroatoms. The van der Waals surface area contributed by atoms with Crippen molar-refractivity contribution >= 4 is 5.97 Å². The molecule has 0 amide bonds. The van der Waals surface area contributed by atoms with Crippen molar-refractivity contribution in [2.24, 2.45) is 0 Å². The smallest absolute Gasteiger partial charge is 0.377 e. The zero-order valence-corrected chi connectivity index (χ0v) is 7.77. The van der Waals surface area contributed by atoms with E-state index in [1.165, 1.54) is 6.42 Å². The van der Waals surface area contributed by atoms with E-state index in [0.29, 0.717) is 5.89 Å². The Morgan fingerprint density at radius 2 is 2.07 bits per heavy atom. The average Bonchev–Trinajstić information content (AvgIpc) is 2.68. The quantitative estimate of drug-likeness (QED) is 0.780. The van der Waals surface area contributed by atoms with Crippen LogP contribution in [0.2, 0.25) is 0 Å². The van der Waals surface area contributed by atoms with Crippen LogP contribution in [0.5, 0.6) is 0 Å². The van der Waals surface area contributed by atoms with E-state index in [1.807, 2.05) is 0 Å². The first kappa shape index (κ1) is 9.18. The van der Waals surface area contributed by atoms with Crippen LogP contribution in [0.15, 0.2) is 4.52 Å². The third kappa shape index (κ3) is 1.76. The molecule has 0 atom stereocenters. The normalized spacial score (nSPS) is 18.3. The number of aromatic carboxylic acids is 1. The van der Waals surface area contributed by atoms with Gasteiger partial charge in [-0.05, 0) is 18.0 Å². The Labute approximate surface area is 81.1 Å². The van der Waals surface area contributed by atoms with E-state index in [0.717, 1.165) is 25.7 Å². The maximum absolute atomic E-state index is 10.5. The molecule has 0 aliphatic heterocycles. The fraction of sp³-hybridized carbons (Fsp3) is 0.667. The van der Waals surface area contributed by atoms with Crippen LogP contribution in [0.1, 0.15) is 54.5 Å². The summed E-state index contributed by atoms with van der Waals surface area (Å²) < 4.78 is 4.92.